The number of rotatable bonds is 4. The number of ether oxygens (including phenoxy) is 1. The van der Waals surface area contributed by atoms with E-state index in [0.29, 0.717) is 40.1 Å². The van der Waals surface area contributed by atoms with Gasteiger partial charge in [-0.15, -0.1) is 0 Å². The Morgan fingerprint density at radius 3 is 2.52 bits per heavy atom. The fourth-order valence-electron chi connectivity index (χ4n) is 2.74. The van der Waals surface area contributed by atoms with Crippen LogP contribution < -0.4 is 15.0 Å². The number of methoxy groups -OCH3 is 1. The van der Waals surface area contributed by atoms with Crippen LogP contribution in [0.4, 0.5) is 11.4 Å². The highest BCUT2D eigenvalue weighted by Crippen LogP contribution is 2.31. The number of nitrogens with zero attached hydrogens (tertiary/aromatic N) is 1. The van der Waals surface area contributed by atoms with Gasteiger partial charge in [0.15, 0.2) is 0 Å². The molecule has 1 heterocycles. The predicted octanol–water partition coefficient (Wildman–Crippen LogP) is 3.99. The van der Waals surface area contributed by atoms with Gasteiger partial charge in [0.25, 0.3) is 0 Å². The summed E-state index contributed by atoms with van der Waals surface area (Å²) in [6.07, 6.45) is 0.446. The molecular weight excluding hydrogens is 363 g/mol. The minimum atomic E-state index is -0.725. The van der Waals surface area contributed by atoms with Crippen molar-refractivity contribution in [1.29, 1.82) is 0 Å². The lowest BCUT2D eigenvalue weighted by Crippen LogP contribution is -2.33. The zero-order valence-electron chi connectivity index (χ0n) is 13.5. The molecule has 1 N–H and O–H groups in total. The van der Waals surface area contributed by atoms with E-state index >= 15 is 0 Å². The van der Waals surface area contributed by atoms with Crippen LogP contribution in [0.2, 0.25) is 10.0 Å². The van der Waals surface area contributed by atoms with Gasteiger partial charge in [-0.2, -0.15) is 0 Å². The molecule has 3 rings (SSSR count). The Hall–Kier alpha value is -2.24. The maximum atomic E-state index is 12.6. The number of nitrogens with one attached hydrogen (secondary N) is 1. The third-order valence-electron chi connectivity index (χ3n) is 4.09. The Morgan fingerprint density at radius 1 is 1.16 bits per heavy atom. The number of halogens is 2. The van der Waals surface area contributed by atoms with Crippen LogP contribution in [0, 0.1) is 5.92 Å². The lowest BCUT2D eigenvalue weighted by atomic mass is 10.1. The van der Waals surface area contributed by atoms with E-state index in [4.69, 9.17) is 27.9 Å². The summed E-state index contributed by atoms with van der Waals surface area (Å²) in [5.74, 6) is -0.598. The maximum absolute atomic E-state index is 12.6. The molecule has 5 nitrogen and oxygen atoms in total. The van der Waals surface area contributed by atoms with E-state index in [1.807, 2.05) is 0 Å². The van der Waals surface area contributed by atoms with Crippen LogP contribution in [-0.2, 0) is 9.59 Å². The van der Waals surface area contributed by atoms with Gasteiger partial charge in [0, 0.05) is 17.9 Å². The van der Waals surface area contributed by atoms with Crippen LogP contribution in [-0.4, -0.2) is 25.5 Å². The Morgan fingerprint density at radius 2 is 1.88 bits per heavy atom. The summed E-state index contributed by atoms with van der Waals surface area (Å²) in [6, 6.07) is 11.9. The van der Waals surface area contributed by atoms with Crippen LogP contribution in [0.1, 0.15) is 6.42 Å². The molecule has 2 aromatic carbocycles. The number of hydrogen-bond donors (Lipinski definition) is 1. The van der Waals surface area contributed by atoms with Crippen molar-refractivity contribution in [3.05, 3.63) is 52.5 Å². The highest BCUT2D eigenvalue weighted by Gasteiger charge is 2.37. The third kappa shape index (κ3) is 3.72. The minimum Gasteiger partial charge on any atom is -0.497 e. The van der Waals surface area contributed by atoms with E-state index in [-0.39, 0.29) is 11.8 Å². The molecule has 0 aromatic heterocycles. The second-order valence-corrected chi connectivity index (χ2v) is 6.46. The molecule has 1 aliphatic rings. The van der Waals surface area contributed by atoms with Crippen molar-refractivity contribution >= 4 is 46.4 Å². The van der Waals surface area contributed by atoms with Crippen molar-refractivity contribution in [2.45, 2.75) is 6.42 Å². The summed E-state index contributed by atoms with van der Waals surface area (Å²) >= 11 is 11.9. The van der Waals surface area contributed by atoms with Gasteiger partial charge in [-0.05, 0) is 48.9 Å². The summed E-state index contributed by atoms with van der Waals surface area (Å²) in [5, 5.41) is 3.56. The van der Waals surface area contributed by atoms with Crippen molar-refractivity contribution < 1.29 is 14.3 Å². The zero-order valence-corrected chi connectivity index (χ0v) is 15.0. The van der Waals surface area contributed by atoms with Gasteiger partial charge >= 0.3 is 0 Å². The first-order valence-electron chi connectivity index (χ1n) is 7.71. The second-order valence-electron chi connectivity index (χ2n) is 5.65. The van der Waals surface area contributed by atoms with Gasteiger partial charge in [0.1, 0.15) is 11.7 Å². The number of carbonyl (C=O) groups is 2. The van der Waals surface area contributed by atoms with E-state index in [1.165, 1.54) is 0 Å². The molecule has 1 atom stereocenters. The number of amides is 2. The van der Waals surface area contributed by atoms with Gasteiger partial charge in [-0.1, -0.05) is 23.2 Å². The van der Waals surface area contributed by atoms with E-state index < -0.39 is 5.92 Å². The molecule has 7 heteroatoms. The number of anilines is 2. The summed E-state index contributed by atoms with van der Waals surface area (Å²) in [4.78, 5) is 26.6. The Bertz CT molecular complexity index is 808. The van der Waals surface area contributed by atoms with Crippen LogP contribution in [0.5, 0.6) is 5.75 Å². The molecule has 130 valence electrons. The van der Waals surface area contributed by atoms with Gasteiger partial charge < -0.3 is 15.0 Å². The number of carbonyl (C=O) groups excluding carboxylic acids is 2. The van der Waals surface area contributed by atoms with Crippen molar-refractivity contribution in [3.63, 3.8) is 0 Å². The van der Waals surface area contributed by atoms with Gasteiger partial charge in [-0.25, -0.2) is 0 Å². The monoisotopic (exact) mass is 378 g/mol. The van der Waals surface area contributed by atoms with Crippen molar-refractivity contribution in [2.75, 3.05) is 23.9 Å². The number of benzene rings is 2. The summed E-state index contributed by atoms with van der Waals surface area (Å²) < 4.78 is 5.08. The molecule has 0 aliphatic carbocycles. The Kier molecular flexibility index (Phi) is 5.16. The smallest absolute Gasteiger partial charge is 0.239 e. The quantitative estimate of drug-likeness (QED) is 0.818. The Balaban J connectivity index is 1.70. The van der Waals surface area contributed by atoms with E-state index in [1.54, 1.807) is 54.5 Å². The zero-order chi connectivity index (χ0) is 18.0. The van der Waals surface area contributed by atoms with E-state index in [9.17, 15) is 9.59 Å². The van der Waals surface area contributed by atoms with Crippen molar-refractivity contribution in [1.82, 2.24) is 0 Å². The SMILES string of the molecule is COc1ccc(NC(=O)C2CCN(c3ccc(Cl)c(Cl)c3)C2=O)cc1. The molecule has 0 spiro atoms. The molecule has 1 saturated heterocycles. The van der Waals surface area contributed by atoms with Gasteiger partial charge in [-0.3, -0.25) is 9.59 Å². The van der Waals surface area contributed by atoms with Crippen LogP contribution in [0.25, 0.3) is 0 Å². The highest BCUT2D eigenvalue weighted by atomic mass is 35.5. The molecule has 2 aromatic rings. The fourth-order valence-corrected chi connectivity index (χ4v) is 3.03. The molecular formula is C18H16Cl2N2O3. The van der Waals surface area contributed by atoms with Gasteiger partial charge in [0.05, 0.1) is 17.2 Å². The fraction of sp³-hybridized carbons (Fsp3) is 0.222. The lowest BCUT2D eigenvalue weighted by Gasteiger charge is -2.17. The highest BCUT2D eigenvalue weighted by molar-refractivity contribution is 6.42. The van der Waals surface area contributed by atoms with Crippen LogP contribution >= 0.6 is 23.2 Å². The standard InChI is InChI=1S/C18H16Cl2N2O3/c1-25-13-5-2-11(3-6-13)21-17(23)14-8-9-22(18(14)24)12-4-7-15(19)16(20)10-12/h2-7,10,14H,8-9H2,1H3,(H,21,23). The molecule has 1 fully saturated rings. The first kappa shape index (κ1) is 17.6. The van der Waals surface area contributed by atoms with Gasteiger partial charge in [0.2, 0.25) is 11.8 Å². The maximum Gasteiger partial charge on any atom is 0.239 e. The minimum absolute atomic E-state index is 0.246. The van der Waals surface area contributed by atoms with Crippen molar-refractivity contribution in [2.24, 2.45) is 5.92 Å². The molecule has 2 amide bonds. The average molecular weight is 379 g/mol. The molecule has 25 heavy (non-hydrogen) atoms. The van der Waals surface area contributed by atoms with Crippen LogP contribution in [0.3, 0.4) is 0 Å². The van der Waals surface area contributed by atoms with E-state index in [2.05, 4.69) is 5.32 Å². The summed E-state index contributed by atoms with van der Waals surface area (Å²) in [7, 11) is 1.57. The third-order valence-corrected chi connectivity index (χ3v) is 4.83. The normalized spacial score (nSPS) is 16.8. The molecule has 0 saturated carbocycles. The first-order valence-corrected chi connectivity index (χ1v) is 8.46. The summed E-state index contributed by atoms with van der Waals surface area (Å²) in [6.45, 7) is 0.456. The van der Waals surface area contributed by atoms with E-state index in [0.717, 1.165) is 0 Å². The molecule has 0 bridgehead atoms. The number of hydrogen-bond acceptors (Lipinski definition) is 3. The second kappa shape index (κ2) is 7.33. The molecule has 1 unspecified atom stereocenters. The predicted molar refractivity (Wildman–Crippen MR) is 98.5 cm³/mol. The lowest BCUT2D eigenvalue weighted by molar-refractivity contribution is -0.129. The average Bonchev–Trinajstić information content (AvgIpc) is 2.99. The molecule has 0 radical (unpaired) electrons. The molecule has 1 aliphatic heterocycles. The Labute approximate surface area is 155 Å². The van der Waals surface area contributed by atoms with Crippen LogP contribution in [0.15, 0.2) is 42.5 Å². The largest absolute Gasteiger partial charge is 0.497 e. The van der Waals surface area contributed by atoms with Crippen molar-refractivity contribution in [3.8, 4) is 5.75 Å². The first-order chi connectivity index (χ1) is 12.0. The summed E-state index contributed by atoms with van der Waals surface area (Å²) in [5.41, 5.74) is 1.26. The topological polar surface area (TPSA) is 58.6 Å².